The molecule has 2 aromatic rings. The second-order valence-electron chi connectivity index (χ2n) is 5.06. The average molecular weight is 285 g/mol. The fraction of sp³-hybridized carbons (Fsp3) is 0.278. The predicted molar refractivity (Wildman–Crippen MR) is 89.7 cm³/mol. The summed E-state index contributed by atoms with van der Waals surface area (Å²) in [5.41, 5.74) is 0.842. The molecule has 0 saturated carbocycles. The number of benzene rings is 2. The largest absolute Gasteiger partial charge is 0.290 e. The van der Waals surface area contributed by atoms with Crippen LogP contribution in [0.5, 0.6) is 0 Å². The summed E-state index contributed by atoms with van der Waals surface area (Å²) in [6.45, 7) is 4.45. The molecule has 2 rings (SSSR count). The van der Waals surface area contributed by atoms with Crippen LogP contribution in [-0.2, 0) is 0 Å². The first-order valence-corrected chi connectivity index (χ1v) is 9.56. The van der Waals surface area contributed by atoms with E-state index in [1.165, 1.54) is 5.30 Å². The van der Waals surface area contributed by atoms with Gasteiger partial charge in [-0.3, -0.25) is 4.79 Å². The highest BCUT2D eigenvalue weighted by Crippen LogP contribution is 2.57. The smallest absolute Gasteiger partial charge is 0.200 e. The lowest BCUT2D eigenvalue weighted by molar-refractivity contribution is 0.102. The Morgan fingerprint density at radius 2 is 1.35 bits per heavy atom. The van der Waals surface area contributed by atoms with Crippen molar-refractivity contribution in [1.29, 1.82) is 0 Å². The Hall–Kier alpha value is -1.46. The second kappa shape index (κ2) is 6.81. The normalized spacial score (nSPS) is 11.3. The molecule has 0 aliphatic heterocycles. The Morgan fingerprint density at radius 1 is 0.850 bits per heavy atom. The standard InChI is InChI=1S/C18H22OP/c1-3-20(4-2,17-13-9-6-10-14-17)15-18(19)16-11-7-5-8-12-16/h5-14H,3-4,15H2,1-2H3/q+1. The van der Waals surface area contributed by atoms with Crippen LogP contribution in [0.1, 0.15) is 24.2 Å². The van der Waals surface area contributed by atoms with Crippen molar-refractivity contribution in [2.45, 2.75) is 13.8 Å². The van der Waals surface area contributed by atoms with E-state index in [4.69, 9.17) is 0 Å². The molecular weight excluding hydrogens is 263 g/mol. The molecule has 1 nitrogen and oxygen atoms in total. The van der Waals surface area contributed by atoms with Gasteiger partial charge in [0.25, 0.3) is 0 Å². The summed E-state index contributed by atoms with van der Waals surface area (Å²) in [5.74, 6) is 0.284. The van der Waals surface area contributed by atoms with Gasteiger partial charge in [0.2, 0.25) is 0 Å². The van der Waals surface area contributed by atoms with Crippen molar-refractivity contribution in [1.82, 2.24) is 0 Å². The lowest BCUT2D eigenvalue weighted by atomic mass is 10.2. The lowest BCUT2D eigenvalue weighted by Gasteiger charge is -2.24. The Balaban J connectivity index is 2.29. The van der Waals surface area contributed by atoms with Crippen molar-refractivity contribution < 1.29 is 4.79 Å². The summed E-state index contributed by atoms with van der Waals surface area (Å²) in [6, 6.07) is 20.3. The van der Waals surface area contributed by atoms with Crippen LogP contribution in [0.3, 0.4) is 0 Å². The highest BCUT2D eigenvalue weighted by atomic mass is 31.2. The molecule has 0 heterocycles. The van der Waals surface area contributed by atoms with Crippen LogP contribution in [0.15, 0.2) is 60.7 Å². The number of ketones is 1. The third kappa shape index (κ3) is 3.16. The number of carbonyl (C=O) groups is 1. The number of hydrogen-bond donors (Lipinski definition) is 0. The van der Waals surface area contributed by atoms with E-state index in [1.54, 1.807) is 0 Å². The van der Waals surface area contributed by atoms with Gasteiger partial charge >= 0.3 is 0 Å². The summed E-state index contributed by atoms with van der Waals surface area (Å²) in [6.07, 6.45) is 2.87. The predicted octanol–water partition coefficient (Wildman–Crippen LogP) is 4.25. The molecule has 20 heavy (non-hydrogen) atoms. The number of carbonyl (C=O) groups excluding carboxylic acids is 1. The van der Waals surface area contributed by atoms with Crippen LogP contribution < -0.4 is 5.30 Å². The van der Waals surface area contributed by atoms with Crippen molar-refractivity contribution in [3.8, 4) is 0 Å². The van der Waals surface area contributed by atoms with Gasteiger partial charge in [-0.2, -0.15) is 0 Å². The minimum atomic E-state index is -1.38. The molecule has 104 valence electrons. The fourth-order valence-corrected chi connectivity index (χ4v) is 5.98. The first-order chi connectivity index (χ1) is 9.72. The molecule has 0 N–H and O–H groups in total. The molecule has 0 spiro atoms. The molecule has 0 fully saturated rings. The number of hydrogen-bond acceptors (Lipinski definition) is 1. The van der Waals surface area contributed by atoms with Gasteiger partial charge in [-0.15, -0.1) is 0 Å². The van der Waals surface area contributed by atoms with Gasteiger partial charge < -0.3 is 0 Å². The number of rotatable bonds is 6. The van der Waals surface area contributed by atoms with Crippen LogP contribution in [0.4, 0.5) is 0 Å². The number of Topliss-reactive ketones (excluding diaryl/α,β-unsaturated/α-hetero) is 1. The molecule has 0 unspecified atom stereocenters. The van der Waals surface area contributed by atoms with Crippen LogP contribution >= 0.6 is 7.26 Å². The maximum atomic E-state index is 12.6. The van der Waals surface area contributed by atoms with E-state index in [0.717, 1.165) is 17.9 Å². The van der Waals surface area contributed by atoms with Gasteiger partial charge in [0.1, 0.15) is 6.16 Å². The summed E-state index contributed by atoms with van der Waals surface area (Å²) in [7, 11) is -1.38. The zero-order chi connectivity index (χ0) is 14.4. The fourth-order valence-electron chi connectivity index (χ4n) is 2.64. The maximum Gasteiger partial charge on any atom is 0.200 e. The van der Waals surface area contributed by atoms with Crippen molar-refractivity contribution in [2.24, 2.45) is 0 Å². The van der Waals surface area contributed by atoms with E-state index >= 15 is 0 Å². The van der Waals surface area contributed by atoms with Gasteiger partial charge in [-0.1, -0.05) is 48.5 Å². The van der Waals surface area contributed by atoms with Crippen molar-refractivity contribution in [3.63, 3.8) is 0 Å². The molecule has 0 amide bonds. The molecule has 0 bridgehead atoms. The zero-order valence-corrected chi connectivity index (χ0v) is 13.1. The Morgan fingerprint density at radius 3 is 1.85 bits per heavy atom. The molecule has 2 aromatic carbocycles. The monoisotopic (exact) mass is 285 g/mol. The van der Waals surface area contributed by atoms with Crippen molar-refractivity contribution in [3.05, 3.63) is 66.2 Å². The van der Waals surface area contributed by atoms with Crippen LogP contribution in [-0.4, -0.2) is 24.3 Å². The van der Waals surface area contributed by atoms with E-state index in [0.29, 0.717) is 6.16 Å². The van der Waals surface area contributed by atoms with Gasteiger partial charge in [0, 0.05) is 5.56 Å². The molecule has 0 atom stereocenters. The first-order valence-electron chi connectivity index (χ1n) is 7.22. The summed E-state index contributed by atoms with van der Waals surface area (Å²) in [4.78, 5) is 12.6. The van der Waals surface area contributed by atoms with Crippen LogP contribution in [0, 0.1) is 0 Å². The van der Waals surface area contributed by atoms with Gasteiger partial charge in [0.15, 0.2) is 5.78 Å². The summed E-state index contributed by atoms with van der Waals surface area (Å²) >= 11 is 0. The topological polar surface area (TPSA) is 17.1 Å². The molecule has 0 radical (unpaired) electrons. The Kier molecular flexibility index (Phi) is 5.09. The minimum Gasteiger partial charge on any atom is -0.290 e. The van der Waals surface area contributed by atoms with E-state index in [2.05, 4.69) is 38.1 Å². The summed E-state index contributed by atoms with van der Waals surface area (Å²) < 4.78 is 0. The Bertz CT molecular complexity index is 544. The van der Waals surface area contributed by atoms with Crippen LogP contribution in [0.2, 0.25) is 0 Å². The molecule has 0 saturated heterocycles. The molecule has 0 aliphatic rings. The van der Waals surface area contributed by atoms with Crippen LogP contribution in [0.25, 0.3) is 0 Å². The minimum absolute atomic E-state index is 0.284. The second-order valence-corrected chi connectivity index (χ2v) is 9.45. The van der Waals surface area contributed by atoms with Crippen molar-refractivity contribution in [2.75, 3.05) is 18.5 Å². The van der Waals surface area contributed by atoms with E-state index in [-0.39, 0.29) is 5.78 Å². The third-order valence-electron chi connectivity index (χ3n) is 4.06. The summed E-state index contributed by atoms with van der Waals surface area (Å²) in [5, 5.41) is 1.38. The highest BCUT2D eigenvalue weighted by Gasteiger charge is 2.38. The Labute approximate surface area is 122 Å². The van der Waals surface area contributed by atoms with E-state index in [9.17, 15) is 4.79 Å². The third-order valence-corrected chi connectivity index (χ3v) is 8.76. The quantitative estimate of drug-likeness (QED) is 0.573. The molecule has 0 aliphatic carbocycles. The highest BCUT2D eigenvalue weighted by molar-refractivity contribution is 7.83. The average Bonchev–Trinajstić information content (AvgIpc) is 2.54. The lowest BCUT2D eigenvalue weighted by Crippen LogP contribution is -2.23. The van der Waals surface area contributed by atoms with E-state index < -0.39 is 7.26 Å². The van der Waals surface area contributed by atoms with Gasteiger partial charge in [-0.25, -0.2) is 0 Å². The van der Waals surface area contributed by atoms with Gasteiger partial charge in [-0.05, 0) is 26.0 Å². The first kappa shape index (κ1) is 14.9. The zero-order valence-electron chi connectivity index (χ0n) is 12.3. The SMILES string of the molecule is CC[P+](CC)(CC(=O)c1ccccc1)c1ccccc1. The molecular formula is C18H22OP+. The van der Waals surface area contributed by atoms with Crippen molar-refractivity contribution >= 4 is 18.4 Å². The van der Waals surface area contributed by atoms with Gasteiger partial charge in [0.05, 0.1) is 24.9 Å². The van der Waals surface area contributed by atoms with E-state index in [1.807, 2.05) is 36.4 Å². The molecule has 0 aromatic heterocycles. The molecule has 2 heteroatoms. The maximum absolute atomic E-state index is 12.6.